The zero-order valence-corrected chi connectivity index (χ0v) is 9.77. The van der Waals surface area contributed by atoms with E-state index in [1.165, 1.54) is 24.3 Å². The van der Waals surface area contributed by atoms with E-state index in [2.05, 4.69) is 20.6 Å². The molecule has 2 amide bonds. The van der Waals surface area contributed by atoms with E-state index in [1.54, 1.807) is 12.4 Å². The zero-order valence-electron chi connectivity index (χ0n) is 9.77. The molecular weight excluding hydrogens is 235 g/mol. The summed E-state index contributed by atoms with van der Waals surface area (Å²) in [6.45, 7) is 1.81. The van der Waals surface area contributed by atoms with Crippen molar-refractivity contribution in [1.82, 2.24) is 15.3 Å². The molecule has 6 heteroatoms. The second-order valence-corrected chi connectivity index (χ2v) is 3.80. The molecule has 0 fully saturated rings. The van der Waals surface area contributed by atoms with E-state index in [9.17, 15) is 9.18 Å². The van der Waals surface area contributed by atoms with Crippen molar-refractivity contribution in [2.45, 2.75) is 13.0 Å². The van der Waals surface area contributed by atoms with Crippen LogP contribution in [-0.2, 0) is 0 Å². The van der Waals surface area contributed by atoms with E-state index in [1.807, 2.05) is 6.92 Å². The van der Waals surface area contributed by atoms with Crippen LogP contribution < -0.4 is 10.6 Å². The lowest BCUT2D eigenvalue weighted by atomic mass is 10.3. The number of carbonyl (C=O) groups is 1. The number of aromatic amines is 1. The smallest absolute Gasteiger partial charge is 0.319 e. The van der Waals surface area contributed by atoms with Crippen LogP contribution in [0.2, 0.25) is 0 Å². The number of amides is 2. The number of anilines is 1. The van der Waals surface area contributed by atoms with Crippen LogP contribution in [0.1, 0.15) is 18.8 Å². The molecule has 0 spiro atoms. The molecule has 2 aromatic rings. The molecule has 1 aromatic carbocycles. The Kier molecular flexibility index (Phi) is 3.57. The normalized spacial score (nSPS) is 11.9. The predicted octanol–water partition coefficient (Wildman–Crippen LogP) is 2.43. The predicted molar refractivity (Wildman–Crippen MR) is 65.6 cm³/mol. The average molecular weight is 248 g/mol. The molecule has 0 bridgehead atoms. The van der Waals surface area contributed by atoms with Crippen molar-refractivity contribution >= 4 is 11.7 Å². The quantitative estimate of drug-likeness (QED) is 0.780. The molecule has 0 saturated carbocycles. The maximum absolute atomic E-state index is 12.7. The van der Waals surface area contributed by atoms with Crippen LogP contribution in [-0.4, -0.2) is 16.0 Å². The van der Waals surface area contributed by atoms with Crippen molar-refractivity contribution in [3.05, 3.63) is 48.3 Å². The summed E-state index contributed by atoms with van der Waals surface area (Å²) in [6, 6.07) is 4.95. The Hall–Kier alpha value is -2.37. The fourth-order valence-corrected chi connectivity index (χ4v) is 1.48. The fraction of sp³-hybridized carbons (Fsp3) is 0.167. The summed E-state index contributed by atoms with van der Waals surface area (Å²) < 4.78 is 12.7. The second kappa shape index (κ2) is 5.31. The number of hydrogen-bond acceptors (Lipinski definition) is 2. The number of urea groups is 1. The number of carbonyl (C=O) groups excluding carboxylic acids is 1. The van der Waals surface area contributed by atoms with Crippen LogP contribution in [0.5, 0.6) is 0 Å². The molecule has 3 N–H and O–H groups in total. The molecule has 2 rings (SSSR count). The Morgan fingerprint density at radius 3 is 2.72 bits per heavy atom. The maximum atomic E-state index is 12.7. The van der Waals surface area contributed by atoms with Gasteiger partial charge in [0.05, 0.1) is 6.04 Å². The Morgan fingerprint density at radius 2 is 2.11 bits per heavy atom. The topological polar surface area (TPSA) is 69.8 Å². The van der Waals surface area contributed by atoms with Gasteiger partial charge in [0.1, 0.15) is 11.6 Å². The lowest BCUT2D eigenvalue weighted by molar-refractivity contribution is 0.249. The summed E-state index contributed by atoms with van der Waals surface area (Å²) in [4.78, 5) is 18.6. The van der Waals surface area contributed by atoms with E-state index < -0.39 is 0 Å². The van der Waals surface area contributed by atoms with E-state index >= 15 is 0 Å². The Labute approximate surface area is 103 Å². The van der Waals surface area contributed by atoms with Crippen LogP contribution in [0.4, 0.5) is 14.9 Å². The van der Waals surface area contributed by atoms with Gasteiger partial charge in [-0.3, -0.25) is 0 Å². The molecule has 5 nitrogen and oxygen atoms in total. The van der Waals surface area contributed by atoms with Gasteiger partial charge in [-0.25, -0.2) is 14.2 Å². The Morgan fingerprint density at radius 1 is 1.39 bits per heavy atom. The summed E-state index contributed by atoms with van der Waals surface area (Å²) in [5.41, 5.74) is 0.528. The van der Waals surface area contributed by atoms with Gasteiger partial charge in [0.15, 0.2) is 0 Å². The van der Waals surface area contributed by atoms with Gasteiger partial charge in [-0.15, -0.1) is 0 Å². The number of H-pyrrole nitrogens is 1. The van der Waals surface area contributed by atoms with E-state index in [0.29, 0.717) is 11.5 Å². The highest BCUT2D eigenvalue weighted by atomic mass is 19.1. The first-order valence-electron chi connectivity index (χ1n) is 5.47. The highest BCUT2D eigenvalue weighted by Crippen LogP contribution is 2.09. The summed E-state index contributed by atoms with van der Waals surface area (Å²) in [5.74, 6) is 0.328. The molecule has 1 unspecified atom stereocenters. The van der Waals surface area contributed by atoms with Crippen molar-refractivity contribution in [2.24, 2.45) is 0 Å². The molecule has 0 aliphatic carbocycles. The maximum Gasteiger partial charge on any atom is 0.319 e. The SMILES string of the molecule is CC(NC(=O)Nc1ccc(F)cc1)c1ncc[nH]1. The Balaban J connectivity index is 1.91. The van der Waals surface area contributed by atoms with Gasteiger partial charge in [0.2, 0.25) is 0 Å². The highest BCUT2D eigenvalue weighted by molar-refractivity contribution is 5.89. The number of imidazole rings is 1. The van der Waals surface area contributed by atoms with Crippen LogP contribution in [0.15, 0.2) is 36.7 Å². The summed E-state index contributed by atoms with van der Waals surface area (Å²) >= 11 is 0. The van der Waals surface area contributed by atoms with Crippen LogP contribution in [0, 0.1) is 5.82 Å². The van der Waals surface area contributed by atoms with Gasteiger partial charge >= 0.3 is 6.03 Å². The van der Waals surface area contributed by atoms with E-state index in [0.717, 1.165) is 0 Å². The van der Waals surface area contributed by atoms with Crippen molar-refractivity contribution in [3.8, 4) is 0 Å². The van der Waals surface area contributed by atoms with Crippen molar-refractivity contribution in [1.29, 1.82) is 0 Å². The summed E-state index contributed by atoms with van der Waals surface area (Å²) in [5, 5.41) is 5.31. The number of benzene rings is 1. The number of rotatable bonds is 3. The largest absolute Gasteiger partial charge is 0.347 e. The van der Waals surface area contributed by atoms with Crippen LogP contribution in [0.3, 0.4) is 0 Å². The van der Waals surface area contributed by atoms with Crippen LogP contribution >= 0.6 is 0 Å². The molecule has 0 aliphatic rings. The van der Waals surface area contributed by atoms with Gasteiger partial charge in [0, 0.05) is 18.1 Å². The minimum Gasteiger partial charge on any atom is -0.347 e. The van der Waals surface area contributed by atoms with Crippen molar-refractivity contribution < 1.29 is 9.18 Å². The second-order valence-electron chi connectivity index (χ2n) is 3.80. The third-order valence-electron chi connectivity index (χ3n) is 2.38. The van der Waals surface area contributed by atoms with Crippen molar-refractivity contribution in [2.75, 3.05) is 5.32 Å². The molecule has 0 saturated heterocycles. The lowest BCUT2D eigenvalue weighted by Crippen LogP contribution is -2.31. The first-order chi connectivity index (χ1) is 8.65. The third-order valence-corrected chi connectivity index (χ3v) is 2.38. The summed E-state index contributed by atoms with van der Waals surface area (Å²) in [7, 11) is 0. The Bertz CT molecular complexity index is 509. The highest BCUT2D eigenvalue weighted by Gasteiger charge is 2.11. The van der Waals surface area contributed by atoms with Crippen molar-refractivity contribution in [3.63, 3.8) is 0 Å². The molecule has 0 radical (unpaired) electrons. The number of hydrogen-bond donors (Lipinski definition) is 3. The standard InChI is InChI=1S/C12H13FN4O/c1-8(11-14-6-7-15-11)16-12(18)17-10-4-2-9(13)3-5-10/h2-8H,1H3,(H,14,15)(H2,16,17,18). The molecule has 1 atom stereocenters. The first-order valence-corrected chi connectivity index (χ1v) is 5.47. The van der Waals surface area contributed by atoms with Gasteiger partial charge in [-0.2, -0.15) is 0 Å². The minimum absolute atomic E-state index is 0.236. The molecule has 18 heavy (non-hydrogen) atoms. The summed E-state index contributed by atoms with van der Waals surface area (Å²) in [6.07, 6.45) is 3.30. The van der Waals surface area contributed by atoms with Gasteiger partial charge in [-0.05, 0) is 31.2 Å². The minimum atomic E-state index is -0.370. The number of aromatic nitrogens is 2. The third kappa shape index (κ3) is 3.07. The van der Waals surface area contributed by atoms with Gasteiger partial charge in [-0.1, -0.05) is 0 Å². The number of nitrogens with one attached hydrogen (secondary N) is 3. The molecule has 1 heterocycles. The molecular formula is C12H13FN4O. The van der Waals surface area contributed by atoms with Gasteiger partial charge < -0.3 is 15.6 Å². The van der Waals surface area contributed by atoms with Crippen LogP contribution in [0.25, 0.3) is 0 Å². The first kappa shape index (κ1) is 12.1. The molecule has 94 valence electrons. The molecule has 1 aromatic heterocycles. The number of nitrogens with zero attached hydrogens (tertiary/aromatic N) is 1. The fourth-order valence-electron chi connectivity index (χ4n) is 1.48. The monoisotopic (exact) mass is 248 g/mol. The zero-order chi connectivity index (χ0) is 13.0. The average Bonchev–Trinajstić information content (AvgIpc) is 2.85. The van der Waals surface area contributed by atoms with E-state index in [-0.39, 0.29) is 17.9 Å². The molecule has 0 aliphatic heterocycles. The van der Waals surface area contributed by atoms with E-state index in [4.69, 9.17) is 0 Å². The van der Waals surface area contributed by atoms with Gasteiger partial charge in [0.25, 0.3) is 0 Å². The lowest BCUT2D eigenvalue weighted by Gasteiger charge is -2.12. The number of halogens is 1.